The highest BCUT2D eigenvalue weighted by atomic mass is 32.2. The quantitative estimate of drug-likeness (QED) is 0.833. The van der Waals surface area contributed by atoms with E-state index in [-0.39, 0.29) is 10.5 Å². The zero-order chi connectivity index (χ0) is 15.6. The maximum Gasteiger partial charge on any atom is 0.249 e. The number of aldehydes is 1. The second kappa shape index (κ2) is 5.95. The smallest absolute Gasteiger partial charge is 0.249 e. The number of benzene rings is 1. The largest absolute Gasteiger partial charge is 0.366 e. The summed E-state index contributed by atoms with van der Waals surface area (Å²) < 4.78 is 26.5. The average Bonchev–Trinajstić information content (AvgIpc) is 2.47. The van der Waals surface area contributed by atoms with Crippen LogP contribution in [0.25, 0.3) is 0 Å². The van der Waals surface area contributed by atoms with Crippen LogP contribution in [-0.4, -0.2) is 37.5 Å². The summed E-state index contributed by atoms with van der Waals surface area (Å²) in [7, 11) is -3.80. The van der Waals surface area contributed by atoms with Crippen LogP contribution in [0.5, 0.6) is 0 Å². The number of aryl methyl sites for hydroxylation is 1. The van der Waals surface area contributed by atoms with Crippen molar-refractivity contribution in [1.29, 1.82) is 0 Å². The number of nitrogens with two attached hydrogens (primary N) is 1. The number of primary amides is 1. The van der Waals surface area contributed by atoms with E-state index in [2.05, 4.69) is 0 Å². The van der Waals surface area contributed by atoms with E-state index in [0.29, 0.717) is 24.8 Å². The molecule has 0 saturated carbocycles. The molecule has 0 aliphatic carbocycles. The number of hydrogen-bond donors (Lipinski definition) is 1. The molecule has 2 rings (SSSR count). The summed E-state index contributed by atoms with van der Waals surface area (Å²) in [5.41, 5.74) is 6.05. The van der Waals surface area contributed by atoms with Gasteiger partial charge in [0.05, 0.1) is 10.9 Å². The number of nitrogens with zero attached hydrogens (tertiary/aromatic N) is 1. The Labute approximate surface area is 124 Å². The highest BCUT2D eigenvalue weighted by molar-refractivity contribution is 7.89. The molecule has 1 atom stereocenters. The Morgan fingerprint density at radius 2 is 2.10 bits per heavy atom. The van der Waals surface area contributed by atoms with E-state index in [1.165, 1.54) is 16.4 Å². The number of sulfonamides is 1. The first kappa shape index (κ1) is 15.7. The molecule has 0 aromatic heterocycles. The third-order valence-corrected chi connectivity index (χ3v) is 5.66. The predicted octanol–water partition coefficient (Wildman–Crippen LogP) is 0.836. The molecule has 2 N–H and O–H groups in total. The van der Waals surface area contributed by atoms with Crippen molar-refractivity contribution in [3.8, 4) is 0 Å². The molecule has 0 radical (unpaired) electrons. The van der Waals surface area contributed by atoms with E-state index in [9.17, 15) is 18.0 Å². The summed E-state index contributed by atoms with van der Waals surface area (Å²) in [4.78, 5) is 22.4. The van der Waals surface area contributed by atoms with Crippen LogP contribution in [0, 0.1) is 6.92 Å². The number of piperidine rings is 1. The molecular weight excluding hydrogens is 292 g/mol. The lowest BCUT2D eigenvalue weighted by molar-refractivity contribution is -0.111. The van der Waals surface area contributed by atoms with Crippen molar-refractivity contribution in [1.82, 2.24) is 4.31 Å². The van der Waals surface area contributed by atoms with Crippen molar-refractivity contribution in [3.63, 3.8) is 0 Å². The second-order valence-electron chi connectivity index (χ2n) is 5.16. The van der Waals surface area contributed by atoms with E-state index in [0.717, 1.165) is 12.8 Å². The number of amides is 1. The lowest BCUT2D eigenvalue weighted by atomic mass is 10.1. The summed E-state index contributed by atoms with van der Waals surface area (Å²) in [6.45, 7) is 2.00. The van der Waals surface area contributed by atoms with Crippen LogP contribution in [0.4, 0.5) is 0 Å². The van der Waals surface area contributed by atoms with E-state index in [1.807, 2.05) is 0 Å². The van der Waals surface area contributed by atoms with Gasteiger partial charge in [0.25, 0.3) is 0 Å². The van der Waals surface area contributed by atoms with Gasteiger partial charge >= 0.3 is 0 Å². The number of rotatable bonds is 4. The van der Waals surface area contributed by atoms with Gasteiger partial charge in [-0.1, -0.05) is 12.5 Å². The topological polar surface area (TPSA) is 97.5 Å². The Morgan fingerprint density at radius 3 is 2.71 bits per heavy atom. The molecule has 6 nitrogen and oxygen atoms in total. The van der Waals surface area contributed by atoms with Crippen molar-refractivity contribution < 1.29 is 18.0 Å². The molecule has 21 heavy (non-hydrogen) atoms. The van der Waals surface area contributed by atoms with Gasteiger partial charge in [-0.15, -0.1) is 0 Å². The minimum absolute atomic E-state index is 0.00403. The van der Waals surface area contributed by atoms with Gasteiger partial charge in [0, 0.05) is 12.1 Å². The van der Waals surface area contributed by atoms with Gasteiger partial charge in [-0.05, 0) is 37.5 Å². The van der Waals surface area contributed by atoms with Crippen LogP contribution in [0.3, 0.4) is 0 Å². The van der Waals surface area contributed by atoms with E-state index >= 15 is 0 Å². The Bertz CT molecular complexity index is 670. The van der Waals surface area contributed by atoms with Crippen molar-refractivity contribution in [2.75, 3.05) is 6.54 Å². The van der Waals surface area contributed by atoms with Gasteiger partial charge in [0.1, 0.15) is 6.29 Å². The molecule has 114 valence electrons. The Balaban J connectivity index is 2.46. The third-order valence-electron chi connectivity index (χ3n) is 3.74. The second-order valence-corrected chi connectivity index (χ2v) is 7.05. The van der Waals surface area contributed by atoms with Crippen LogP contribution >= 0.6 is 0 Å². The molecule has 1 saturated heterocycles. The molecule has 1 aromatic carbocycles. The summed E-state index contributed by atoms with van der Waals surface area (Å²) in [5, 5.41) is 0. The Kier molecular flexibility index (Phi) is 4.43. The minimum Gasteiger partial charge on any atom is -0.366 e. The van der Waals surface area contributed by atoms with Crippen LogP contribution in [-0.2, 0) is 14.8 Å². The molecular formula is C14H18N2O4S. The first-order valence-electron chi connectivity index (χ1n) is 6.75. The van der Waals surface area contributed by atoms with Crippen LogP contribution in [0.2, 0.25) is 0 Å². The maximum absolute atomic E-state index is 12.7. The number of carbonyl (C=O) groups is 2. The molecule has 1 heterocycles. The molecule has 0 bridgehead atoms. The molecule has 1 aromatic rings. The SMILES string of the molecule is Cc1ccc(S(=O)(=O)N2CCCCC2C=O)cc1C(N)=O. The highest BCUT2D eigenvalue weighted by Crippen LogP contribution is 2.25. The fraction of sp³-hybridized carbons (Fsp3) is 0.429. The van der Waals surface area contributed by atoms with E-state index in [1.54, 1.807) is 13.0 Å². The molecule has 1 aliphatic heterocycles. The van der Waals surface area contributed by atoms with Crippen molar-refractivity contribution >= 4 is 22.2 Å². The third kappa shape index (κ3) is 2.98. The summed E-state index contributed by atoms with van der Waals surface area (Å²) in [5.74, 6) is -0.671. The fourth-order valence-corrected chi connectivity index (χ4v) is 4.19. The van der Waals surface area contributed by atoms with Crippen LogP contribution in [0.1, 0.15) is 35.2 Å². The summed E-state index contributed by atoms with van der Waals surface area (Å²) in [6, 6.07) is 3.63. The summed E-state index contributed by atoms with van der Waals surface area (Å²) >= 11 is 0. The normalized spacial score (nSPS) is 20.1. The van der Waals surface area contributed by atoms with Crippen molar-refractivity contribution in [2.24, 2.45) is 5.73 Å². The van der Waals surface area contributed by atoms with Gasteiger partial charge in [0.2, 0.25) is 15.9 Å². The molecule has 1 amide bonds. The molecule has 7 heteroatoms. The predicted molar refractivity (Wildman–Crippen MR) is 77.3 cm³/mol. The van der Waals surface area contributed by atoms with Crippen LogP contribution in [0.15, 0.2) is 23.1 Å². The molecule has 1 aliphatic rings. The Hall–Kier alpha value is -1.73. The molecule has 0 spiro atoms. The van der Waals surface area contributed by atoms with Crippen molar-refractivity contribution in [2.45, 2.75) is 37.1 Å². The first-order valence-corrected chi connectivity index (χ1v) is 8.19. The fourth-order valence-electron chi connectivity index (χ4n) is 2.53. The van der Waals surface area contributed by atoms with Gasteiger partial charge in [-0.3, -0.25) is 4.79 Å². The summed E-state index contributed by atoms with van der Waals surface area (Å²) in [6.07, 6.45) is 2.74. The van der Waals surface area contributed by atoms with Crippen molar-refractivity contribution in [3.05, 3.63) is 29.3 Å². The van der Waals surface area contributed by atoms with Gasteiger partial charge in [-0.25, -0.2) is 8.42 Å². The van der Waals surface area contributed by atoms with Gasteiger partial charge in [0.15, 0.2) is 0 Å². The number of hydrogen-bond acceptors (Lipinski definition) is 4. The minimum atomic E-state index is -3.80. The zero-order valence-corrected chi connectivity index (χ0v) is 12.6. The number of carbonyl (C=O) groups excluding carboxylic acids is 2. The first-order chi connectivity index (χ1) is 9.87. The van der Waals surface area contributed by atoms with E-state index in [4.69, 9.17) is 5.73 Å². The lowest BCUT2D eigenvalue weighted by Crippen LogP contribution is -2.44. The standard InChI is InChI=1S/C14H18N2O4S/c1-10-5-6-12(8-13(10)14(15)18)21(19,20)16-7-3-2-4-11(16)9-17/h5-6,8-9,11H,2-4,7H2,1H3,(H2,15,18). The molecule has 1 unspecified atom stereocenters. The van der Waals surface area contributed by atoms with Gasteiger partial charge in [-0.2, -0.15) is 4.31 Å². The van der Waals surface area contributed by atoms with Crippen LogP contribution < -0.4 is 5.73 Å². The highest BCUT2D eigenvalue weighted by Gasteiger charge is 2.33. The maximum atomic E-state index is 12.7. The van der Waals surface area contributed by atoms with E-state index < -0.39 is 22.0 Å². The monoisotopic (exact) mass is 310 g/mol. The molecule has 1 fully saturated rings. The Morgan fingerprint density at radius 1 is 1.38 bits per heavy atom. The van der Waals surface area contributed by atoms with Gasteiger partial charge < -0.3 is 10.5 Å². The zero-order valence-electron chi connectivity index (χ0n) is 11.8. The lowest BCUT2D eigenvalue weighted by Gasteiger charge is -2.31. The average molecular weight is 310 g/mol.